The number of anilines is 1. The number of hydrogen-bond donors (Lipinski definition) is 2. The lowest BCUT2D eigenvalue weighted by Crippen LogP contribution is -2.65. The van der Waals surface area contributed by atoms with E-state index >= 15 is 4.79 Å². The Balaban J connectivity index is 1.49. The number of fused-ring (bicyclic) bond motifs is 5. The van der Waals surface area contributed by atoms with E-state index in [0.29, 0.717) is 18.7 Å². The molecule has 1 amide bonds. The van der Waals surface area contributed by atoms with Gasteiger partial charge in [-0.3, -0.25) is 14.5 Å². The Labute approximate surface area is 240 Å². The summed E-state index contributed by atoms with van der Waals surface area (Å²) in [4.78, 5) is 32.3. The van der Waals surface area contributed by atoms with Crippen LogP contribution >= 0.6 is 0 Å². The highest BCUT2D eigenvalue weighted by Gasteiger charge is 2.77. The van der Waals surface area contributed by atoms with E-state index in [1.54, 1.807) is 14.2 Å². The second-order valence-corrected chi connectivity index (χ2v) is 11.6. The largest absolute Gasteiger partial charge is 0.497 e. The van der Waals surface area contributed by atoms with Crippen LogP contribution in [0.3, 0.4) is 0 Å². The molecule has 0 saturated carbocycles. The number of carbonyl (C=O) groups is 2. The number of methoxy groups -OCH3 is 2. The first-order valence-electron chi connectivity index (χ1n) is 14.5. The molecule has 4 heterocycles. The van der Waals surface area contributed by atoms with Crippen molar-refractivity contribution in [2.75, 3.05) is 39.2 Å². The van der Waals surface area contributed by atoms with Crippen molar-refractivity contribution < 1.29 is 19.1 Å². The molecule has 0 aromatic heterocycles. The van der Waals surface area contributed by atoms with Crippen molar-refractivity contribution in [2.24, 2.45) is 5.41 Å². The minimum Gasteiger partial charge on any atom is -0.497 e. The van der Waals surface area contributed by atoms with E-state index in [2.05, 4.69) is 27.7 Å². The minimum absolute atomic E-state index is 0.0267. The van der Waals surface area contributed by atoms with Crippen molar-refractivity contribution in [1.29, 1.82) is 0 Å². The molecule has 4 aliphatic rings. The summed E-state index contributed by atoms with van der Waals surface area (Å²) in [5.74, 6) is 1.25. The molecular formula is C34H35N3O4. The lowest BCUT2D eigenvalue weighted by Gasteiger charge is -2.49. The van der Waals surface area contributed by atoms with Gasteiger partial charge in [0.15, 0.2) is 5.78 Å². The number of piperidine rings is 2. The van der Waals surface area contributed by atoms with Crippen molar-refractivity contribution in [3.05, 3.63) is 95.1 Å². The smallest absolute Gasteiger partial charge is 0.250 e. The molecule has 3 saturated heterocycles. The number of hydrogen-bond acceptors (Lipinski definition) is 6. The fraction of sp³-hybridized carbons (Fsp3) is 0.353. The molecule has 0 radical (unpaired) electrons. The van der Waals surface area contributed by atoms with Crippen LogP contribution in [0.4, 0.5) is 5.69 Å². The fourth-order valence-corrected chi connectivity index (χ4v) is 8.25. The number of nitrogens with zero attached hydrogens (tertiary/aromatic N) is 1. The molecule has 7 heteroatoms. The van der Waals surface area contributed by atoms with Crippen molar-refractivity contribution >= 4 is 23.5 Å². The first-order chi connectivity index (χ1) is 20.0. The van der Waals surface area contributed by atoms with Gasteiger partial charge in [0.2, 0.25) is 0 Å². The highest BCUT2D eigenvalue weighted by atomic mass is 16.5. The second-order valence-electron chi connectivity index (χ2n) is 11.6. The maximum Gasteiger partial charge on any atom is 0.250 e. The second kappa shape index (κ2) is 9.86. The monoisotopic (exact) mass is 549 g/mol. The number of benzene rings is 3. The highest BCUT2D eigenvalue weighted by Crippen LogP contribution is 2.67. The maximum absolute atomic E-state index is 15.3. The number of para-hydroxylation sites is 1. The third-order valence-corrected chi connectivity index (χ3v) is 9.76. The summed E-state index contributed by atoms with van der Waals surface area (Å²) in [7, 11) is 3.31. The zero-order valence-corrected chi connectivity index (χ0v) is 23.5. The molecular weight excluding hydrogens is 514 g/mol. The molecule has 3 aromatic rings. The number of nitrogens with one attached hydrogen (secondary N) is 2. The Morgan fingerprint density at radius 1 is 0.927 bits per heavy atom. The lowest BCUT2D eigenvalue weighted by molar-refractivity contribution is -0.145. The van der Waals surface area contributed by atoms with Crippen LogP contribution in [-0.2, 0) is 15.1 Å². The lowest BCUT2D eigenvalue weighted by atomic mass is 9.55. The third kappa shape index (κ3) is 3.58. The molecule has 7 nitrogen and oxygen atoms in total. The molecule has 41 heavy (non-hydrogen) atoms. The zero-order chi connectivity index (χ0) is 28.2. The van der Waals surface area contributed by atoms with Gasteiger partial charge in [0.1, 0.15) is 17.0 Å². The third-order valence-electron chi connectivity index (χ3n) is 9.76. The van der Waals surface area contributed by atoms with Gasteiger partial charge < -0.3 is 20.1 Å². The van der Waals surface area contributed by atoms with Crippen LogP contribution in [0.1, 0.15) is 41.9 Å². The van der Waals surface area contributed by atoms with Gasteiger partial charge in [-0.2, -0.15) is 0 Å². The van der Waals surface area contributed by atoms with Gasteiger partial charge in [-0.25, -0.2) is 0 Å². The van der Waals surface area contributed by atoms with Crippen LogP contribution < -0.4 is 20.1 Å². The van der Waals surface area contributed by atoms with Crippen LogP contribution in [0.5, 0.6) is 11.5 Å². The van der Waals surface area contributed by atoms with E-state index in [1.165, 1.54) is 0 Å². The Bertz CT molecular complexity index is 1550. The predicted octanol–water partition coefficient (Wildman–Crippen LogP) is 4.75. The number of rotatable bonds is 4. The highest BCUT2D eigenvalue weighted by molar-refractivity contribution is 6.16. The molecule has 0 aliphatic carbocycles. The molecule has 4 aliphatic heterocycles. The summed E-state index contributed by atoms with van der Waals surface area (Å²) >= 11 is 0. The van der Waals surface area contributed by atoms with E-state index < -0.39 is 11.0 Å². The first-order valence-corrected chi connectivity index (χ1v) is 14.5. The number of ether oxygens (including phenoxy) is 2. The van der Waals surface area contributed by atoms with Gasteiger partial charge in [0.25, 0.3) is 5.91 Å². The van der Waals surface area contributed by atoms with Gasteiger partial charge >= 0.3 is 0 Å². The zero-order valence-electron chi connectivity index (χ0n) is 23.5. The SMILES string of the molecule is COc1ccc(/C=C2\CNCC3(C2=O)[C@@H](c2cccc(OC)c2)[C@@H]2CCCCN2[C@@]32C(=O)Nc3ccccc32)cc1. The van der Waals surface area contributed by atoms with Gasteiger partial charge in [0.05, 0.1) is 19.6 Å². The van der Waals surface area contributed by atoms with Crippen molar-refractivity contribution in [3.8, 4) is 11.5 Å². The normalized spacial score (nSPS) is 30.0. The summed E-state index contributed by atoms with van der Waals surface area (Å²) < 4.78 is 11.0. The molecule has 210 valence electrons. The van der Waals surface area contributed by atoms with E-state index in [4.69, 9.17) is 9.47 Å². The summed E-state index contributed by atoms with van der Waals surface area (Å²) in [5, 5.41) is 6.84. The van der Waals surface area contributed by atoms with Gasteiger partial charge in [-0.15, -0.1) is 0 Å². The van der Waals surface area contributed by atoms with Gasteiger partial charge in [-0.1, -0.05) is 48.9 Å². The van der Waals surface area contributed by atoms with Crippen molar-refractivity contribution in [3.63, 3.8) is 0 Å². The summed E-state index contributed by atoms with van der Waals surface area (Å²) in [5.41, 5.74) is 2.15. The van der Waals surface area contributed by atoms with Crippen molar-refractivity contribution in [2.45, 2.75) is 36.8 Å². The van der Waals surface area contributed by atoms with Gasteiger partial charge in [0, 0.05) is 41.9 Å². The van der Waals surface area contributed by atoms with Crippen molar-refractivity contribution in [1.82, 2.24) is 10.2 Å². The maximum atomic E-state index is 15.3. The topological polar surface area (TPSA) is 79.9 Å². The Kier molecular flexibility index (Phi) is 6.25. The number of ketones is 1. The van der Waals surface area contributed by atoms with Crippen LogP contribution in [0.15, 0.2) is 78.4 Å². The number of amides is 1. The fourth-order valence-electron chi connectivity index (χ4n) is 8.25. The first kappa shape index (κ1) is 26.0. The molecule has 3 aromatic carbocycles. The summed E-state index contributed by atoms with van der Waals surface area (Å²) in [6.07, 6.45) is 4.95. The Hall–Kier alpha value is -3.94. The molecule has 7 rings (SSSR count). The van der Waals surface area contributed by atoms with E-state index in [0.717, 1.165) is 59.7 Å². The number of Topliss-reactive ketones (excluding diaryl/α,β-unsaturated/α-hetero) is 1. The van der Waals surface area contributed by atoms with E-state index in [9.17, 15) is 4.79 Å². The minimum atomic E-state index is -1.13. The quantitative estimate of drug-likeness (QED) is 0.458. The van der Waals surface area contributed by atoms with Crippen LogP contribution in [0.2, 0.25) is 0 Å². The van der Waals surface area contributed by atoms with Crippen LogP contribution in [-0.4, -0.2) is 56.5 Å². The molecule has 1 unspecified atom stereocenters. The molecule has 0 bridgehead atoms. The summed E-state index contributed by atoms with van der Waals surface area (Å²) in [6.45, 7) is 1.61. The molecule has 3 fully saturated rings. The molecule has 2 spiro atoms. The summed E-state index contributed by atoms with van der Waals surface area (Å²) in [6, 6.07) is 23.8. The predicted molar refractivity (Wildman–Crippen MR) is 158 cm³/mol. The van der Waals surface area contributed by atoms with E-state index in [-0.39, 0.29) is 23.7 Å². The van der Waals surface area contributed by atoms with Crippen LogP contribution in [0.25, 0.3) is 6.08 Å². The Morgan fingerprint density at radius 3 is 2.54 bits per heavy atom. The Morgan fingerprint density at radius 2 is 1.73 bits per heavy atom. The molecule has 2 N–H and O–H groups in total. The average molecular weight is 550 g/mol. The average Bonchev–Trinajstić information content (AvgIpc) is 3.46. The van der Waals surface area contributed by atoms with Crippen LogP contribution in [0, 0.1) is 5.41 Å². The molecule has 4 atom stereocenters. The van der Waals surface area contributed by atoms with Gasteiger partial charge in [-0.05, 0) is 66.9 Å². The standard InChI is InChI=1S/C34H35N3O4/c1-40-25-15-13-22(14-16-25)18-24-20-35-21-33(31(24)38)30(23-8-7-9-26(19-23)41-2)29-12-5-6-17-37(29)34(33)27-10-3-4-11-28(27)36-32(34)39/h3-4,7-11,13-16,18-19,29-30,35H,5-6,12,17,20-21H2,1-2H3,(H,36,39)/b24-18+/t29-,30-,33?,34-/m0/s1. The van der Waals surface area contributed by atoms with E-state index in [1.807, 2.05) is 66.7 Å². The number of carbonyl (C=O) groups excluding carboxylic acids is 2.